The molecule has 0 saturated carbocycles. The van der Waals surface area contributed by atoms with E-state index >= 15 is 0 Å². The molecule has 0 amide bonds. The Labute approximate surface area is 81.1 Å². The molecule has 0 aliphatic rings. The van der Waals surface area contributed by atoms with E-state index in [4.69, 9.17) is 5.73 Å². The van der Waals surface area contributed by atoms with Gasteiger partial charge in [-0.15, -0.1) is 11.3 Å². The molecule has 0 fully saturated rings. The molecule has 2 rings (SSSR count). The molecule has 0 radical (unpaired) electrons. The van der Waals surface area contributed by atoms with Crippen LogP contribution in [0.1, 0.15) is 5.56 Å². The molecule has 0 saturated heterocycles. The number of nitrogen functional groups attached to an aromatic ring is 1. The lowest BCUT2D eigenvalue weighted by atomic mass is 10.1. The van der Waals surface area contributed by atoms with Gasteiger partial charge in [-0.3, -0.25) is 4.98 Å². The first-order chi connectivity index (χ1) is 6.29. The van der Waals surface area contributed by atoms with E-state index in [9.17, 15) is 0 Å². The average Bonchev–Trinajstić information content (AvgIpc) is 2.62. The minimum atomic E-state index is 0.755. The molecular formula is C10H10N2S. The molecule has 13 heavy (non-hydrogen) atoms. The summed E-state index contributed by atoms with van der Waals surface area (Å²) < 4.78 is 0. The number of aromatic nitrogens is 1. The van der Waals surface area contributed by atoms with Crippen molar-refractivity contribution in [1.82, 2.24) is 4.98 Å². The molecule has 2 nitrogen and oxygen atoms in total. The molecule has 2 aromatic heterocycles. The topological polar surface area (TPSA) is 38.9 Å². The first-order valence-corrected chi connectivity index (χ1v) is 4.91. The zero-order chi connectivity index (χ0) is 9.26. The second-order valence-electron chi connectivity index (χ2n) is 2.88. The molecule has 66 valence electrons. The lowest BCUT2D eigenvalue weighted by molar-refractivity contribution is 1.30. The molecule has 2 N–H and O–H groups in total. The van der Waals surface area contributed by atoms with Gasteiger partial charge in [0.15, 0.2) is 0 Å². The van der Waals surface area contributed by atoms with Gasteiger partial charge in [0, 0.05) is 16.6 Å². The Hall–Kier alpha value is -1.35. The summed E-state index contributed by atoms with van der Waals surface area (Å²) in [5.41, 5.74) is 8.77. The summed E-state index contributed by atoms with van der Waals surface area (Å²) in [4.78, 5) is 5.30. The Morgan fingerprint density at radius 3 is 2.92 bits per heavy atom. The van der Waals surface area contributed by atoms with Crippen LogP contribution in [0, 0.1) is 6.92 Å². The van der Waals surface area contributed by atoms with Crippen molar-refractivity contribution >= 4 is 17.0 Å². The Balaban J connectivity index is 2.59. The van der Waals surface area contributed by atoms with Crippen LogP contribution in [0.2, 0.25) is 0 Å². The molecule has 2 aromatic rings. The fourth-order valence-electron chi connectivity index (χ4n) is 1.22. The van der Waals surface area contributed by atoms with Crippen molar-refractivity contribution in [1.29, 1.82) is 0 Å². The molecule has 0 atom stereocenters. The summed E-state index contributed by atoms with van der Waals surface area (Å²) >= 11 is 1.70. The largest absolute Gasteiger partial charge is 0.397 e. The normalized spacial score (nSPS) is 10.2. The van der Waals surface area contributed by atoms with Crippen molar-refractivity contribution < 1.29 is 0 Å². The van der Waals surface area contributed by atoms with Gasteiger partial charge in [-0.1, -0.05) is 6.07 Å². The van der Waals surface area contributed by atoms with Gasteiger partial charge in [-0.05, 0) is 23.9 Å². The predicted octanol–water partition coefficient (Wildman–Crippen LogP) is 2.70. The fraction of sp³-hybridized carbons (Fsp3) is 0.100. The number of anilines is 1. The Kier molecular flexibility index (Phi) is 2.02. The van der Waals surface area contributed by atoms with Crippen LogP contribution in [0.5, 0.6) is 0 Å². The van der Waals surface area contributed by atoms with E-state index in [-0.39, 0.29) is 0 Å². The smallest absolute Gasteiger partial charge is 0.0536 e. The van der Waals surface area contributed by atoms with Gasteiger partial charge in [0.2, 0.25) is 0 Å². The molecule has 3 heteroatoms. The highest BCUT2D eigenvalue weighted by Crippen LogP contribution is 2.29. The van der Waals surface area contributed by atoms with Gasteiger partial charge in [-0.2, -0.15) is 0 Å². The van der Waals surface area contributed by atoms with Crippen LogP contribution >= 0.6 is 11.3 Å². The van der Waals surface area contributed by atoms with E-state index < -0.39 is 0 Å². The Morgan fingerprint density at radius 1 is 1.38 bits per heavy atom. The van der Waals surface area contributed by atoms with E-state index in [0.717, 1.165) is 16.8 Å². The summed E-state index contributed by atoms with van der Waals surface area (Å²) in [6, 6.07) is 4.11. The van der Waals surface area contributed by atoms with Gasteiger partial charge >= 0.3 is 0 Å². The SMILES string of the molecule is Cc1c(N)cncc1-c1cccs1. The van der Waals surface area contributed by atoms with Crippen LogP contribution in [-0.4, -0.2) is 4.98 Å². The third-order valence-corrected chi connectivity index (χ3v) is 2.94. The molecule has 0 unspecified atom stereocenters. The van der Waals surface area contributed by atoms with Crippen LogP contribution in [0.4, 0.5) is 5.69 Å². The first kappa shape index (κ1) is 8.26. The zero-order valence-electron chi connectivity index (χ0n) is 7.32. The summed E-state index contributed by atoms with van der Waals surface area (Å²) in [5, 5.41) is 2.05. The van der Waals surface area contributed by atoms with E-state index in [1.165, 1.54) is 4.88 Å². The molecule has 0 bridgehead atoms. The Morgan fingerprint density at radius 2 is 2.23 bits per heavy atom. The van der Waals surface area contributed by atoms with Crippen molar-refractivity contribution in [3.8, 4) is 10.4 Å². The molecule has 0 spiro atoms. The highest BCUT2D eigenvalue weighted by atomic mass is 32.1. The van der Waals surface area contributed by atoms with E-state index in [2.05, 4.69) is 16.4 Å². The van der Waals surface area contributed by atoms with Crippen molar-refractivity contribution in [2.45, 2.75) is 6.92 Å². The van der Waals surface area contributed by atoms with Crippen LogP contribution in [0.15, 0.2) is 29.9 Å². The van der Waals surface area contributed by atoms with Crippen molar-refractivity contribution in [2.75, 3.05) is 5.73 Å². The lowest BCUT2D eigenvalue weighted by Gasteiger charge is -2.04. The number of hydrogen-bond acceptors (Lipinski definition) is 3. The maximum Gasteiger partial charge on any atom is 0.0536 e. The van der Waals surface area contributed by atoms with Gasteiger partial charge in [0.1, 0.15) is 0 Å². The number of nitrogens with two attached hydrogens (primary N) is 1. The Bertz CT molecular complexity index is 407. The van der Waals surface area contributed by atoms with Crippen LogP contribution in [0.3, 0.4) is 0 Å². The quantitative estimate of drug-likeness (QED) is 0.751. The highest BCUT2D eigenvalue weighted by molar-refractivity contribution is 7.13. The first-order valence-electron chi connectivity index (χ1n) is 4.03. The zero-order valence-corrected chi connectivity index (χ0v) is 8.14. The third-order valence-electron chi connectivity index (χ3n) is 2.04. The van der Waals surface area contributed by atoms with Gasteiger partial charge in [0.05, 0.1) is 11.9 Å². The van der Waals surface area contributed by atoms with Crippen LogP contribution in [0.25, 0.3) is 10.4 Å². The molecular weight excluding hydrogens is 180 g/mol. The number of hydrogen-bond donors (Lipinski definition) is 1. The molecule has 0 aromatic carbocycles. The van der Waals surface area contributed by atoms with Gasteiger partial charge in [-0.25, -0.2) is 0 Å². The monoisotopic (exact) mass is 190 g/mol. The number of pyridine rings is 1. The summed E-state index contributed by atoms with van der Waals surface area (Å²) in [7, 11) is 0. The fourth-order valence-corrected chi connectivity index (χ4v) is 2.02. The van der Waals surface area contributed by atoms with E-state index in [0.29, 0.717) is 0 Å². The highest BCUT2D eigenvalue weighted by Gasteiger charge is 2.04. The summed E-state index contributed by atoms with van der Waals surface area (Å²) in [6.07, 6.45) is 3.55. The van der Waals surface area contributed by atoms with Crippen molar-refractivity contribution in [2.24, 2.45) is 0 Å². The van der Waals surface area contributed by atoms with Crippen LogP contribution < -0.4 is 5.73 Å². The summed E-state index contributed by atoms with van der Waals surface area (Å²) in [5.74, 6) is 0. The van der Waals surface area contributed by atoms with Crippen molar-refractivity contribution in [3.63, 3.8) is 0 Å². The second-order valence-corrected chi connectivity index (χ2v) is 3.83. The average molecular weight is 190 g/mol. The van der Waals surface area contributed by atoms with Gasteiger partial charge < -0.3 is 5.73 Å². The van der Waals surface area contributed by atoms with E-state index in [1.54, 1.807) is 17.5 Å². The summed E-state index contributed by atoms with van der Waals surface area (Å²) in [6.45, 7) is 2.02. The number of rotatable bonds is 1. The number of nitrogens with zero attached hydrogens (tertiary/aromatic N) is 1. The minimum Gasteiger partial charge on any atom is -0.397 e. The molecule has 0 aliphatic carbocycles. The van der Waals surface area contributed by atoms with Gasteiger partial charge in [0.25, 0.3) is 0 Å². The maximum absolute atomic E-state index is 5.77. The molecule has 0 aliphatic heterocycles. The van der Waals surface area contributed by atoms with E-state index in [1.807, 2.05) is 19.2 Å². The van der Waals surface area contributed by atoms with Crippen LogP contribution in [-0.2, 0) is 0 Å². The standard InChI is InChI=1S/C10H10N2S/c1-7-8(5-12-6-9(7)11)10-3-2-4-13-10/h2-6H,11H2,1H3. The second kappa shape index (κ2) is 3.18. The molecule has 2 heterocycles. The maximum atomic E-state index is 5.77. The lowest BCUT2D eigenvalue weighted by Crippen LogP contribution is -1.92. The number of thiophene rings is 1. The third kappa shape index (κ3) is 1.42. The van der Waals surface area contributed by atoms with Crippen molar-refractivity contribution in [3.05, 3.63) is 35.5 Å². The predicted molar refractivity (Wildman–Crippen MR) is 56.7 cm³/mol. The minimum absolute atomic E-state index is 0.755.